The summed E-state index contributed by atoms with van der Waals surface area (Å²) >= 11 is 0. The number of carbonyl (C=O) groups excluding carboxylic acids is 1. The third-order valence-electron chi connectivity index (χ3n) is 4.58. The van der Waals surface area contributed by atoms with Crippen LogP contribution in [0, 0.1) is 0 Å². The van der Waals surface area contributed by atoms with Crippen LogP contribution in [0.1, 0.15) is 21.5 Å². The van der Waals surface area contributed by atoms with E-state index in [2.05, 4.69) is 5.32 Å². The molecule has 0 spiro atoms. The first-order chi connectivity index (χ1) is 11.7. The average Bonchev–Trinajstić information content (AvgIpc) is 2.91. The van der Waals surface area contributed by atoms with Gasteiger partial charge in [-0.2, -0.15) is 0 Å². The van der Waals surface area contributed by atoms with Crippen LogP contribution >= 0.6 is 0 Å². The van der Waals surface area contributed by atoms with Gasteiger partial charge >= 0.3 is 0 Å². The van der Waals surface area contributed by atoms with Gasteiger partial charge in [-0.3, -0.25) is 4.79 Å². The van der Waals surface area contributed by atoms with Gasteiger partial charge in [-0.15, -0.1) is 0 Å². The highest BCUT2D eigenvalue weighted by atomic mass is 16.3. The Labute approximate surface area is 140 Å². The molecule has 1 aliphatic heterocycles. The fourth-order valence-electron chi connectivity index (χ4n) is 3.38. The van der Waals surface area contributed by atoms with Crippen molar-refractivity contribution < 1.29 is 9.90 Å². The third kappa shape index (κ3) is 2.26. The van der Waals surface area contributed by atoms with Crippen molar-refractivity contribution >= 4 is 11.5 Å². The van der Waals surface area contributed by atoms with Gasteiger partial charge in [0, 0.05) is 17.7 Å². The van der Waals surface area contributed by atoms with Gasteiger partial charge in [0.15, 0.2) is 5.78 Å². The number of aromatic hydroxyl groups is 1. The van der Waals surface area contributed by atoms with E-state index in [-0.39, 0.29) is 11.5 Å². The van der Waals surface area contributed by atoms with Gasteiger partial charge < -0.3 is 10.4 Å². The van der Waals surface area contributed by atoms with Crippen molar-refractivity contribution in [1.82, 2.24) is 0 Å². The fourth-order valence-corrected chi connectivity index (χ4v) is 3.38. The first-order valence-corrected chi connectivity index (χ1v) is 7.94. The highest BCUT2D eigenvalue weighted by molar-refractivity contribution is 6.13. The van der Waals surface area contributed by atoms with E-state index in [0.29, 0.717) is 6.42 Å². The van der Waals surface area contributed by atoms with Crippen LogP contribution in [0.3, 0.4) is 0 Å². The molecule has 1 heterocycles. The van der Waals surface area contributed by atoms with E-state index in [4.69, 9.17) is 0 Å². The van der Waals surface area contributed by atoms with E-state index in [9.17, 15) is 9.90 Å². The summed E-state index contributed by atoms with van der Waals surface area (Å²) in [5, 5.41) is 13.0. The van der Waals surface area contributed by atoms with Crippen molar-refractivity contribution in [3.8, 4) is 5.75 Å². The van der Waals surface area contributed by atoms with E-state index >= 15 is 0 Å². The highest BCUT2D eigenvalue weighted by Gasteiger charge is 2.46. The number of Topliss-reactive ketones (excluding diaryl/α,β-unsaturated/α-hetero) is 1. The second-order valence-corrected chi connectivity index (χ2v) is 6.11. The zero-order chi connectivity index (χ0) is 16.6. The Morgan fingerprint density at radius 1 is 0.833 bits per heavy atom. The maximum Gasteiger partial charge on any atom is 0.195 e. The minimum Gasteiger partial charge on any atom is -0.508 e. The fraction of sp³-hybridized carbons (Fsp3) is 0.0952. The molecule has 0 amide bonds. The lowest BCUT2D eigenvalue weighted by Crippen LogP contribution is -2.40. The van der Waals surface area contributed by atoms with E-state index in [1.54, 1.807) is 12.1 Å². The van der Waals surface area contributed by atoms with E-state index in [1.165, 1.54) is 0 Å². The zero-order valence-electron chi connectivity index (χ0n) is 13.1. The predicted octanol–water partition coefficient (Wildman–Crippen LogP) is 4.14. The smallest absolute Gasteiger partial charge is 0.195 e. The number of anilines is 1. The number of hydrogen-bond donors (Lipinski definition) is 2. The van der Waals surface area contributed by atoms with Crippen molar-refractivity contribution in [2.45, 2.75) is 12.0 Å². The number of benzene rings is 3. The summed E-state index contributed by atoms with van der Waals surface area (Å²) in [5.41, 5.74) is 2.71. The van der Waals surface area contributed by atoms with Crippen molar-refractivity contribution in [2.24, 2.45) is 0 Å². The second-order valence-electron chi connectivity index (χ2n) is 6.11. The number of nitrogens with one attached hydrogen (secondary N) is 1. The molecule has 0 saturated heterocycles. The minimum absolute atomic E-state index is 0.0809. The van der Waals surface area contributed by atoms with Crippen LogP contribution in [0.5, 0.6) is 5.75 Å². The summed E-state index contributed by atoms with van der Waals surface area (Å²) in [6.45, 7) is 0. The van der Waals surface area contributed by atoms with Crippen LogP contribution in [0.4, 0.5) is 5.69 Å². The Kier molecular flexibility index (Phi) is 3.35. The molecule has 1 atom stereocenters. The van der Waals surface area contributed by atoms with Gasteiger partial charge in [-0.05, 0) is 35.4 Å². The molecule has 3 heteroatoms. The minimum atomic E-state index is -0.818. The second kappa shape index (κ2) is 5.53. The largest absolute Gasteiger partial charge is 0.508 e. The molecule has 0 radical (unpaired) electrons. The SMILES string of the molecule is O=C1c2ccccc2NC1(Cc1ccc(O)cc1)c1ccccc1. The Morgan fingerprint density at radius 3 is 2.21 bits per heavy atom. The molecule has 1 unspecified atom stereocenters. The van der Waals surface area contributed by atoms with E-state index in [1.807, 2.05) is 66.7 Å². The molecular weight excluding hydrogens is 298 g/mol. The summed E-state index contributed by atoms with van der Waals surface area (Å²) in [7, 11) is 0. The molecule has 4 rings (SSSR count). The van der Waals surface area contributed by atoms with Gasteiger partial charge in [0.25, 0.3) is 0 Å². The van der Waals surface area contributed by atoms with Crippen LogP contribution < -0.4 is 5.32 Å². The molecule has 0 aliphatic carbocycles. The number of para-hydroxylation sites is 1. The number of carbonyl (C=O) groups is 1. The van der Waals surface area contributed by atoms with Crippen molar-refractivity contribution in [2.75, 3.05) is 5.32 Å². The third-order valence-corrected chi connectivity index (χ3v) is 4.58. The molecule has 0 aromatic heterocycles. The normalized spacial score (nSPS) is 18.9. The highest BCUT2D eigenvalue weighted by Crippen LogP contribution is 2.41. The maximum atomic E-state index is 13.3. The summed E-state index contributed by atoms with van der Waals surface area (Å²) in [4.78, 5) is 13.3. The van der Waals surface area contributed by atoms with Crippen LogP contribution in [0.15, 0.2) is 78.9 Å². The van der Waals surface area contributed by atoms with Gasteiger partial charge in [-0.1, -0.05) is 54.6 Å². The predicted molar refractivity (Wildman–Crippen MR) is 94.3 cm³/mol. The molecule has 118 valence electrons. The van der Waals surface area contributed by atoms with Crippen LogP contribution in [-0.2, 0) is 12.0 Å². The molecular formula is C21H17NO2. The van der Waals surface area contributed by atoms with E-state index < -0.39 is 5.54 Å². The summed E-state index contributed by atoms with van der Waals surface area (Å²) in [5.74, 6) is 0.305. The quantitative estimate of drug-likeness (QED) is 0.764. The summed E-state index contributed by atoms with van der Waals surface area (Å²) < 4.78 is 0. The van der Waals surface area contributed by atoms with Gasteiger partial charge in [0.1, 0.15) is 11.3 Å². The molecule has 24 heavy (non-hydrogen) atoms. The van der Waals surface area contributed by atoms with Gasteiger partial charge in [-0.25, -0.2) is 0 Å². The van der Waals surface area contributed by atoms with Crippen LogP contribution in [0.25, 0.3) is 0 Å². The number of phenolic OH excluding ortho intramolecular Hbond substituents is 1. The number of hydrogen-bond acceptors (Lipinski definition) is 3. The molecule has 3 aromatic carbocycles. The Bertz CT molecular complexity index is 887. The lowest BCUT2D eigenvalue weighted by Gasteiger charge is -2.29. The van der Waals surface area contributed by atoms with Gasteiger partial charge in [0.05, 0.1) is 0 Å². The van der Waals surface area contributed by atoms with Crippen molar-refractivity contribution in [3.05, 3.63) is 95.6 Å². The van der Waals surface area contributed by atoms with Crippen LogP contribution in [-0.4, -0.2) is 10.9 Å². The topological polar surface area (TPSA) is 49.3 Å². The lowest BCUT2D eigenvalue weighted by molar-refractivity contribution is 0.0916. The Balaban J connectivity index is 1.83. The molecule has 3 nitrogen and oxygen atoms in total. The van der Waals surface area contributed by atoms with Gasteiger partial charge in [0.2, 0.25) is 0 Å². The standard InChI is InChI=1S/C21H17NO2/c23-17-12-10-15(11-13-17)14-21(16-6-2-1-3-7-16)20(24)18-8-4-5-9-19(18)22-21/h1-13,22-23H,14H2. The molecule has 3 aromatic rings. The zero-order valence-corrected chi connectivity index (χ0v) is 13.1. The molecule has 0 fully saturated rings. The summed E-state index contributed by atoms with van der Waals surface area (Å²) in [6.07, 6.45) is 0.519. The number of phenols is 1. The Morgan fingerprint density at radius 2 is 1.50 bits per heavy atom. The van der Waals surface area contributed by atoms with Crippen LogP contribution in [0.2, 0.25) is 0 Å². The molecule has 0 saturated carbocycles. The number of ketones is 1. The monoisotopic (exact) mass is 315 g/mol. The first-order valence-electron chi connectivity index (χ1n) is 7.94. The first kappa shape index (κ1) is 14.5. The molecule has 2 N–H and O–H groups in total. The Hall–Kier alpha value is -3.07. The molecule has 1 aliphatic rings. The summed E-state index contributed by atoms with van der Waals surface area (Å²) in [6, 6.07) is 24.5. The van der Waals surface area contributed by atoms with Crippen molar-refractivity contribution in [1.29, 1.82) is 0 Å². The molecule has 0 bridgehead atoms. The average molecular weight is 315 g/mol. The van der Waals surface area contributed by atoms with E-state index in [0.717, 1.165) is 22.4 Å². The van der Waals surface area contributed by atoms with Crippen molar-refractivity contribution in [3.63, 3.8) is 0 Å². The lowest BCUT2D eigenvalue weighted by atomic mass is 9.80. The number of rotatable bonds is 3. The number of fused-ring (bicyclic) bond motifs is 1. The maximum absolute atomic E-state index is 13.3.